The van der Waals surface area contributed by atoms with Crippen molar-refractivity contribution in [1.82, 2.24) is 14.9 Å². The minimum atomic E-state index is -0.191. The summed E-state index contributed by atoms with van der Waals surface area (Å²) in [6.45, 7) is 4.11. The summed E-state index contributed by atoms with van der Waals surface area (Å²) in [6.07, 6.45) is 0. The quantitative estimate of drug-likeness (QED) is 0.793. The highest BCUT2D eigenvalue weighted by Gasteiger charge is 2.21. The molecule has 1 aromatic heterocycles. The molecule has 0 saturated carbocycles. The molecule has 3 aromatic rings. The topological polar surface area (TPSA) is 46.9 Å². The number of benzene rings is 2. The molecule has 0 spiro atoms. The van der Waals surface area contributed by atoms with Gasteiger partial charge >= 0.3 is 0 Å². The van der Waals surface area contributed by atoms with Gasteiger partial charge in [-0.25, -0.2) is 4.98 Å². The number of carbonyl (C=O) groups is 1. The van der Waals surface area contributed by atoms with Gasteiger partial charge in [0.25, 0.3) is 5.91 Å². The summed E-state index contributed by atoms with van der Waals surface area (Å²) in [4.78, 5) is 16.8. The second-order valence-corrected chi connectivity index (χ2v) is 6.00. The van der Waals surface area contributed by atoms with Crippen molar-refractivity contribution >= 4 is 5.91 Å². The predicted octanol–water partition coefficient (Wildman–Crippen LogP) is 3.98. The number of nitrogens with one attached hydrogen (secondary N) is 1. The van der Waals surface area contributed by atoms with Crippen LogP contribution in [0.5, 0.6) is 0 Å². The van der Waals surface area contributed by atoms with Crippen molar-refractivity contribution in [1.29, 1.82) is 0 Å². The Labute approximate surface area is 143 Å². The van der Waals surface area contributed by atoms with Crippen LogP contribution in [-0.4, -0.2) is 22.5 Å². The monoisotopic (exact) mass is 321 g/mol. The van der Waals surface area contributed by atoms with Crippen LogP contribution in [0, 0.1) is 13.8 Å². The van der Waals surface area contributed by atoms with Gasteiger partial charge in [-0.15, -0.1) is 0 Å². The molecule has 0 aliphatic carbocycles. The Morgan fingerprint density at radius 2 is 1.46 bits per heavy atom. The Morgan fingerprint density at radius 3 is 1.96 bits per heavy atom. The molecule has 0 aliphatic heterocycles. The Morgan fingerprint density at radius 1 is 0.958 bits per heavy atom. The maximum atomic E-state index is 12.2. The normalized spacial score (nSPS) is 10.7. The van der Waals surface area contributed by atoms with Crippen LogP contribution in [-0.2, 0) is 7.05 Å². The van der Waals surface area contributed by atoms with Crippen molar-refractivity contribution in [2.45, 2.75) is 13.8 Å². The van der Waals surface area contributed by atoms with Crippen LogP contribution in [0.3, 0.4) is 0 Å². The Kier molecular flexibility index (Phi) is 4.21. The van der Waals surface area contributed by atoms with E-state index in [1.54, 1.807) is 7.05 Å². The van der Waals surface area contributed by atoms with Crippen LogP contribution in [0.25, 0.3) is 22.5 Å². The lowest BCUT2D eigenvalue weighted by molar-refractivity contribution is 0.0950. The molecule has 0 unspecified atom stereocenters. The van der Waals surface area contributed by atoms with E-state index in [0.29, 0.717) is 5.82 Å². The van der Waals surface area contributed by atoms with Gasteiger partial charge in [0.2, 0.25) is 0 Å². The molecular formula is C20H23N3O. The van der Waals surface area contributed by atoms with E-state index in [1.165, 1.54) is 11.1 Å². The fourth-order valence-corrected chi connectivity index (χ4v) is 2.77. The lowest BCUT2D eigenvalue weighted by atomic mass is 10.0. The van der Waals surface area contributed by atoms with Crippen molar-refractivity contribution < 1.29 is 6.22 Å². The number of nitrogens with zero attached hydrogens (tertiary/aromatic N) is 2. The van der Waals surface area contributed by atoms with Crippen LogP contribution in [0.1, 0.15) is 23.2 Å². The summed E-state index contributed by atoms with van der Waals surface area (Å²) < 4.78 is 1.86. The smallest absolute Gasteiger partial charge is 0.287 e. The zero-order valence-corrected chi connectivity index (χ0v) is 14.4. The van der Waals surface area contributed by atoms with Gasteiger partial charge in [-0.3, -0.25) is 4.79 Å². The van der Waals surface area contributed by atoms with Gasteiger partial charge in [0, 0.05) is 26.6 Å². The molecule has 124 valence electrons. The van der Waals surface area contributed by atoms with Crippen molar-refractivity contribution in [2.75, 3.05) is 7.05 Å². The Hall–Kier alpha value is -2.88. The summed E-state index contributed by atoms with van der Waals surface area (Å²) in [5.41, 5.74) is 6.20. The van der Waals surface area contributed by atoms with Crippen molar-refractivity contribution in [3.8, 4) is 22.5 Å². The summed E-state index contributed by atoms with van der Waals surface area (Å²) in [6, 6.07) is 16.5. The van der Waals surface area contributed by atoms with Gasteiger partial charge in [0.15, 0.2) is 5.82 Å². The first-order valence-electron chi connectivity index (χ1n) is 7.94. The van der Waals surface area contributed by atoms with E-state index < -0.39 is 0 Å². The van der Waals surface area contributed by atoms with Gasteiger partial charge in [0.05, 0.1) is 11.4 Å². The second-order valence-electron chi connectivity index (χ2n) is 6.00. The number of amides is 1. The predicted molar refractivity (Wildman–Crippen MR) is 99.1 cm³/mol. The van der Waals surface area contributed by atoms with E-state index in [2.05, 4.69) is 60.5 Å². The number of aryl methyl sites for hydroxylation is 2. The van der Waals surface area contributed by atoms with E-state index in [9.17, 15) is 4.79 Å². The van der Waals surface area contributed by atoms with Crippen LogP contribution < -0.4 is 5.32 Å². The van der Waals surface area contributed by atoms with E-state index in [0.717, 1.165) is 22.5 Å². The molecule has 0 fully saturated rings. The molecule has 4 heteroatoms. The number of hydrogen-bond donors (Lipinski definition) is 1. The van der Waals surface area contributed by atoms with E-state index in [1.807, 2.05) is 23.7 Å². The lowest BCUT2D eigenvalue weighted by Crippen LogP contribution is -2.21. The molecule has 1 N–H and O–H groups in total. The van der Waals surface area contributed by atoms with Crippen LogP contribution in [0.2, 0.25) is 0 Å². The van der Waals surface area contributed by atoms with Gasteiger partial charge < -0.3 is 9.88 Å². The Balaban J connectivity index is 0.00000225. The van der Waals surface area contributed by atoms with E-state index in [4.69, 9.17) is 0 Å². The number of imidazole rings is 1. The van der Waals surface area contributed by atoms with Gasteiger partial charge in [-0.2, -0.15) is 0 Å². The highest BCUT2D eigenvalue weighted by atomic mass is 16.2. The van der Waals surface area contributed by atoms with E-state index in [-0.39, 0.29) is 7.33 Å². The first-order chi connectivity index (χ1) is 11.5. The second kappa shape index (κ2) is 6.32. The Bertz CT molecular complexity index is 881. The SMILES string of the molecule is CNC(=O)c1nc(-c2ccc(C)cc2)c(-c2ccc(C)cc2)n1C.[HH]. The average molecular weight is 321 g/mol. The summed E-state index contributed by atoms with van der Waals surface area (Å²) >= 11 is 0. The molecule has 24 heavy (non-hydrogen) atoms. The number of aromatic nitrogens is 2. The van der Waals surface area contributed by atoms with Crippen LogP contribution >= 0.6 is 0 Å². The molecular weight excluding hydrogens is 298 g/mol. The summed E-state index contributed by atoms with van der Waals surface area (Å²) in [7, 11) is 3.50. The molecule has 2 aromatic carbocycles. The molecule has 4 nitrogen and oxygen atoms in total. The third-order valence-electron chi connectivity index (χ3n) is 4.18. The maximum Gasteiger partial charge on any atom is 0.287 e. The highest BCUT2D eigenvalue weighted by molar-refractivity contribution is 5.94. The van der Waals surface area contributed by atoms with Crippen molar-refractivity contribution in [3.05, 3.63) is 65.5 Å². The molecule has 0 aliphatic rings. The zero-order chi connectivity index (χ0) is 17.3. The summed E-state index contributed by atoms with van der Waals surface area (Å²) in [5, 5.41) is 2.66. The zero-order valence-electron chi connectivity index (χ0n) is 14.4. The molecule has 0 saturated heterocycles. The first kappa shape index (κ1) is 16.0. The highest BCUT2D eigenvalue weighted by Crippen LogP contribution is 2.32. The standard InChI is InChI=1S/C20H21N3O.H2/c1-13-5-9-15(10-6-13)17-18(16-11-7-14(2)8-12-16)23(4)19(22-17)20(24)21-3;/h5-12H,1-4H3,(H,21,24);1H. The third-order valence-corrected chi connectivity index (χ3v) is 4.18. The van der Waals surface area contributed by atoms with Gasteiger partial charge in [-0.05, 0) is 13.8 Å². The van der Waals surface area contributed by atoms with Crippen molar-refractivity contribution in [3.63, 3.8) is 0 Å². The fraction of sp³-hybridized carbons (Fsp3) is 0.200. The molecule has 3 rings (SSSR count). The average Bonchev–Trinajstić information content (AvgIpc) is 2.93. The lowest BCUT2D eigenvalue weighted by Gasteiger charge is -2.08. The van der Waals surface area contributed by atoms with Gasteiger partial charge in [-0.1, -0.05) is 59.7 Å². The molecule has 0 atom stereocenters. The number of hydrogen-bond acceptors (Lipinski definition) is 2. The largest absolute Gasteiger partial charge is 0.352 e. The van der Waals surface area contributed by atoms with E-state index >= 15 is 0 Å². The van der Waals surface area contributed by atoms with Crippen LogP contribution in [0.15, 0.2) is 48.5 Å². The maximum absolute atomic E-state index is 12.2. The molecule has 0 bridgehead atoms. The summed E-state index contributed by atoms with van der Waals surface area (Å²) in [5.74, 6) is 0.216. The van der Waals surface area contributed by atoms with Gasteiger partial charge in [0.1, 0.15) is 0 Å². The first-order valence-corrected chi connectivity index (χ1v) is 7.94. The minimum absolute atomic E-state index is 0. The third kappa shape index (κ3) is 2.83. The minimum Gasteiger partial charge on any atom is -0.352 e. The number of carbonyl (C=O) groups excluding carboxylic acids is 1. The van der Waals surface area contributed by atoms with Crippen LogP contribution in [0.4, 0.5) is 0 Å². The van der Waals surface area contributed by atoms with Crippen molar-refractivity contribution in [2.24, 2.45) is 7.05 Å². The fourth-order valence-electron chi connectivity index (χ4n) is 2.77. The molecule has 0 radical (unpaired) electrons. The molecule has 1 amide bonds. The molecule has 1 heterocycles. The number of rotatable bonds is 3.